The van der Waals surface area contributed by atoms with E-state index in [1.54, 1.807) is 24.3 Å². The molecule has 0 saturated heterocycles. The lowest BCUT2D eigenvalue weighted by Gasteiger charge is -2.24. The van der Waals surface area contributed by atoms with Crippen LogP contribution in [0.1, 0.15) is 38.5 Å². The molecule has 0 fully saturated rings. The highest BCUT2D eigenvalue weighted by Crippen LogP contribution is 2.46. The number of benzene rings is 2. The van der Waals surface area contributed by atoms with E-state index >= 15 is 0 Å². The molecule has 30 heavy (non-hydrogen) atoms. The Kier molecular flexibility index (Phi) is 4.76. The Bertz CT molecular complexity index is 1220. The summed E-state index contributed by atoms with van der Waals surface area (Å²) in [6, 6.07) is 15.2. The molecule has 2 aromatic carbocycles. The summed E-state index contributed by atoms with van der Waals surface area (Å²) in [5.41, 5.74) is 12.2. The third kappa shape index (κ3) is 3.08. The Balaban J connectivity index is 1.90. The largest absolute Gasteiger partial charge is 0.465 e. The number of nitrogens with zero attached hydrogens (tertiary/aromatic N) is 2. The second kappa shape index (κ2) is 7.41. The molecule has 0 amide bonds. The van der Waals surface area contributed by atoms with E-state index in [0.29, 0.717) is 17.0 Å². The number of aromatic amines is 1. The molecule has 1 unspecified atom stereocenters. The van der Waals surface area contributed by atoms with E-state index in [1.807, 2.05) is 26.0 Å². The first-order chi connectivity index (χ1) is 14.4. The summed E-state index contributed by atoms with van der Waals surface area (Å²) in [4.78, 5) is 11.8. The number of fused-ring (bicyclic) bond motifs is 1. The predicted molar refractivity (Wildman–Crippen MR) is 111 cm³/mol. The smallest absolute Gasteiger partial charge is 0.337 e. The zero-order chi connectivity index (χ0) is 21.4. The zero-order valence-corrected chi connectivity index (χ0v) is 16.8. The van der Waals surface area contributed by atoms with E-state index < -0.39 is 11.9 Å². The molecule has 150 valence electrons. The van der Waals surface area contributed by atoms with Crippen LogP contribution in [0.15, 0.2) is 53.9 Å². The zero-order valence-electron chi connectivity index (χ0n) is 16.8. The van der Waals surface area contributed by atoms with Gasteiger partial charge in [-0.1, -0.05) is 35.9 Å². The summed E-state index contributed by atoms with van der Waals surface area (Å²) in [5.74, 6) is -0.557. The van der Waals surface area contributed by atoms with Crippen LogP contribution in [0.25, 0.3) is 11.3 Å². The third-order valence-corrected chi connectivity index (χ3v) is 5.26. The van der Waals surface area contributed by atoms with E-state index in [-0.39, 0.29) is 5.88 Å². The van der Waals surface area contributed by atoms with Gasteiger partial charge in [0.15, 0.2) is 0 Å². The number of hydrogen-bond acceptors (Lipinski definition) is 6. The van der Waals surface area contributed by atoms with Crippen molar-refractivity contribution in [3.05, 3.63) is 81.7 Å². The highest BCUT2D eigenvalue weighted by atomic mass is 16.5. The summed E-state index contributed by atoms with van der Waals surface area (Å²) < 4.78 is 10.4. The molecule has 1 aliphatic heterocycles. The van der Waals surface area contributed by atoms with Crippen molar-refractivity contribution in [3.63, 3.8) is 0 Å². The molecular weight excluding hydrogens is 380 g/mol. The molecule has 1 aromatic heterocycles. The van der Waals surface area contributed by atoms with E-state index in [9.17, 15) is 10.1 Å². The fourth-order valence-corrected chi connectivity index (χ4v) is 3.81. The summed E-state index contributed by atoms with van der Waals surface area (Å²) in [5, 5.41) is 17.2. The highest BCUT2D eigenvalue weighted by molar-refractivity contribution is 5.89. The van der Waals surface area contributed by atoms with Crippen molar-refractivity contribution in [2.24, 2.45) is 5.73 Å². The van der Waals surface area contributed by atoms with Crippen LogP contribution >= 0.6 is 0 Å². The standard InChI is InChI=1S/C23H20N4O3/c1-12-4-9-16(13(2)10-12)20-19-18(14-5-7-15(8-6-14)23(28)29-3)17(11-24)21(25)30-22(19)27-26-20/h4-10,18H,25H2,1-3H3,(H,26,27). The van der Waals surface area contributed by atoms with Crippen molar-refractivity contribution in [2.75, 3.05) is 7.11 Å². The topological polar surface area (TPSA) is 114 Å². The number of esters is 1. The van der Waals surface area contributed by atoms with Crippen molar-refractivity contribution in [2.45, 2.75) is 19.8 Å². The number of methoxy groups -OCH3 is 1. The van der Waals surface area contributed by atoms with Crippen molar-refractivity contribution in [1.29, 1.82) is 5.26 Å². The van der Waals surface area contributed by atoms with Crippen LogP contribution in [0.4, 0.5) is 0 Å². The first-order valence-electron chi connectivity index (χ1n) is 9.36. The fraction of sp³-hybridized carbons (Fsp3) is 0.174. The van der Waals surface area contributed by atoms with Gasteiger partial charge in [0.2, 0.25) is 11.8 Å². The molecule has 3 N–H and O–H groups in total. The Labute approximate surface area is 173 Å². The lowest BCUT2D eigenvalue weighted by atomic mass is 9.82. The number of hydrogen-bond donors (Lipinski definition) is 2. The summed E-state index contributed by atoms with van der Waals surface area (Å²) in [6.07, 6.45) is 0. The number of ether oxygens (including phenoxy) is 2. The number of nitrogens with one attached hydrogen (secondary N) is 1. The summed E-state index contributed by atoms with van der Waals surface area (Å²) in [6.45, 7) is 4.06. The average molecular weight is 400 g/mol. The van der Waals surface area contributed by atoms with E-state index in [2.05, 4.69) is 22.3 Å². The number of aryl methyl sites for hydroxylation is 2. The molecule has 7 heteroatoms. The molecule has 0 saturated carbocycles. The Morgan fingerprint density at radius 1 is 1.23 bits per heavy atom. The van der Waals surface area contributed by atoms with Gasteiger partial charge in [-0.2, -0.15) is 5.26 Å². The number of nitriles is 1. The molecule has 3 aromatic rings. The van der Waals surface area contributed by atoms with Gasteiger partial charge < -0.3 is 15.2 Å². The molecule has 0 radical (unpaired) electrons. The first-order valence-corrected chi connectivity index (χ1v) is 9.36. The van der Waals surface area contributed by atoms with Crippen LogP contribution in [0, 0.1) is 25.2 Å². The molecule has 0 bridgehead atoms. The minimum Gasteiger partial charge on any atom is -0.465 e. The number of nitrogens with two attached hydrogens (primary N) is 1. The second-order valence-electron chi connectivity index (χ2n) is 7.17. The predicted octanol–water partition coefficient (Wildman–Crippen LogP) is 3.70. The third-order valence-electron chi connectivity index (χ3n) is 5.26. The highest BCUT2D eigenvalue weighted by Gasteiger charge is 2.35. The molecule has 0 spiro atoms. The minimum absolute atomic E-state index is 0.0192. The van der Waals surface area contributed by atoms with Gasteiger partial charge in [0, 0.05) is 5.56 Å². The number of carbonyl (C=O) groups excluding carboxylic acids is 1. The maximum atomic E-state index is 11.8. The number of H-pyrrole nitrogens is 1. The second-order valence-corrected chi connectivity index (χ2v) is 7.17. The van der Waals surface area contributed by atoms with Gasteiger partial charge in [-0.15, -0.1) is 5.10 Å². The molecule has 7 nitrogen and oxygen atoms in total. The number of allylic oxidation sites excluding steroid dienone is 1. The van der Waals surface area contributed by atoms with Gasteiger partial charge >= 0.3 is 5.97 Å². The van der Waals surface area contributed by atoms with Crippen LogP contribution in [0.5, 0.6) is 5.88 Å². The van der Waals surface area contributed by atoms with Crippen LogP contribution in [0.2, 0.25) is 0 Å². The van der Waals surface area contributed by atoms with Gasteiger partial charge in [0.25, 0.3) is 0 Å². The van der Waals surface area contributed by atoms with Crippen molar-refractivity contribution in [1.82, 2.24) is 10.2 Å². The average Bonchev–Trinajstić information content (AvgIpc) is 3.15. The van der Waals surface area contributed by atoms with Gasteiger partial charge in [-0.25, -0.2) is 4.79 Å². The van der Waals surface area contributed by atoms with Crippen molar-refractivity contribution < 1.29 is 14.3 Å². The lowest BCUT2D eigenvalue weighted by Crippen LogP contribution is -2.21. The summed E-state index contributed by atoms with van der Waals surface area (Å²) >= 11 is 0. The van der Waals surface area contributed by atoms with Crippen molar-refractivity contribution >= 4 is 5.97 Å². The van der Waals surface area contributed by atoms with Gasteiger partial charge in [0.05, 0.1) is 29.8 Å². The maximum absolute atomic E-state index is 11.8. The van der Waals surface area contributed by atoms with Crippen LogP contribution in [-0.2, 0) is 4.74 Å². The van der Waals surface area contributed by atoms with Crippen molar-refractivity contribution in [3.8, 4) is 23.2 Å². The summed E-state index contributed by atoms with van der Waals surface area (Å²) in [7, 11) is 1.33. The van der Waals surface area contributed by atoms with Crippen LogP contribution < -0.4 is 10.5 Å². The van der Waals surface area contributed by atoms with E-state index in [0.717, 1.165) is 33.5 Å². The fourth-order valence-electron chi connectivity index (χ4n) is 3.81. The molecular formula is C23H20N4O3. The molecule has 2 heterocycles. The van der Waals surface area contributed by atoms with Gasteiger partial charge in [-0.05, 0) is 37.1 Å². The number of rotatable bonds is 3. The number of aromatic nitrogens is 2. The Hall–Kier alpha value is -4.05. The van der Waals surface area contributed by atoms with Gasteiger partial charge in [0.1, 0.15) is 11.6 Å². The SMILES string of the molecule is COC(=O)c1ccc(C2C(C#N)=C(N)Oc3n[nH]c(-c4ccc(C)cc4C)c32)cc1. The Morgan fingerprint density at radius 2 is 1.97 bits per heavy atom. The van der Waals surface area contributed by atoms with Crippen LogP contribution in [0.3, 0.4) is 0 Å². The maximum Gasteiger partial charge on any atom is 0.337 e. The quantitative estimate of drug-likeness (QED) is 0.648. The first kappa shape index (κ1) is 19.3. The Morgan fingerprint density at radius 3 is 2.60 bits per heavy atom. The molecule has 1 atom stereocenters. The molecule has 0 aliphatic carbocycles. The normalized spacial score (nSPS) is 15.2. The van der Waals surface area contributed by atoms with Gasteiger partial charge in [-0.3, -0.25) is 5.10 Å². The van der Waals surface area contributed by atoms with Crippen LogP contribution in [-0.4, -0.2) is 23.3 Å². The van der Waals surface area contributed by atoms with E-state index in [4.69, 9.17) is 15.2 Å². The number of carbonyl (C=O) groups is 1. The monoisotopic (exact) mass is 400 g/mol. The lowest BCUT2D eigenvalue weighted by molar-refractivity contribution is 0.0600. The molecule has 4 rings (SSSR count). The minimum atomic E-state index is -0.486. The molecule has 1 aliphatic rings. The van der Waals surface area contributed by atoms with E-state index in [1.165, 1.54) is 7.11 Å².